The zero-order valence-electron chi connectivity index (χ0n) is 9.40. The van der Waals surface area contributed by atoms with E-state index in [1.54, 1.807) is 32.3 Å². The summed E-state index contributed by atoms with van der Waals surface area (Å²) in [5, 5.41) is 1.50. The first-order valence-electron chi connectivity index (χ1n) is 4.97. The Bertz CT molecular complexity index is 368. The van der Waals surface area contributed by atoms with E-state index in [0.717, 1.165) is 0 Å². The van der Waals surface area contributed by atoms with Crippen LogP contribution in [0.15, 0.2) is 24.3 Å². The van der Waals surface area contributed by atoms with E-state index in [1.807, 2.05) is 0 Å². The number of rotatable bonds is 4. The maximum Gasteiger partial charge on any atom is 0.251 e. The van der Waals surface area contributed by atoms with Crippen molar-refractivity contribution in [3.8, 4) is 0 Å². The van der Waals surface area contributed by atoms with Crippen molar-refractivity contribution in [2.75, 3.05) is 14.1 Å². The number of amides is 1. The Kier molecular flexibility index (Phi) is 4.39. The second-order valence-corrected chi connectivity index (χ2v) is 3.77. The number of carbonyl (C=O) groups is 1. The summed E-state index contributed by atoms with van der Waals surface area (Å²) in [5.74, 6) is -0.663. The Morgan fingerprint density at radius 1 is 1.50 bits per heavy atom. The predicted octanol–water partition coefficient (Wildman–Crippen LogP) is 0.288. The normalized spacial score (nSPS) is 12.6. The summed E-state index contributed by atoms with van der Waals surface area (Å²) in [6, 6.07) is 5.54. The minimum atomic E-state index is -0.751. The van der Waals surface area contributed by atoms with Gasteiger partial charge in [0.05, 0.1) is 6.04 Å². The molecule has 5 heteroatoms. The summed E-state index contributed by atoms with van der Waals surface area (Å²) in [5.41, 5.74) is 8.64. The van der Waals surface area contributed by atoms with E-state index in [0.29, 0.717) is 5.56 Å². The summed E-state index contributed by atoms with van der Waals surface area (Å²) in [4.78, 5) is 11.5. The van der Waals surface area contributed by atoms with Gasteiger partial charge in [-0.1, -0.05) is 18.2 Å². The molecule has 16 heavy (non-hydrogen) atoms. The zero-order chi connectivity index (χ0) is 12.1. The molecule has 0 bridgehead atoms. The topological polar surface area (TPSA) is 58.4 Å². The molecule has 88 valence electrons. The summed E-state index contributed by atoms with van der Waals surface area (Å²) < 4.78 is 13.3. The molecule has 0 saturated heterocycles. The molecule has 0 spiro atoms. The highest BCUT2D eigenvalue weighted by atomic mass is 19.1. The lowest BCUT2D eigenvalue weighted by Gasteiger charge is -2.16. The number of carbonyl (C=O) groups excluding carboxylic acids is 1. The van der Waals surface area contributed by atoms with Gasteiger partial charge in [-0.2, -0.15) is 0 Å². The number of hydrazine groups is 1. The summed E-state index contributed by atoms with van der Waals surface area (Å²) in [6.07, 6.45) is 0.187. The minimum Gasteiger partial charge on any atom is -0.320 e. The predicted molar refractivity (Wildman–Crippen MR) is 59.9 cm³/mol. The third kappa shape index (κ3) is 3.60. The van der Waals surface area contributed by atoms with Crippen LogP contribution in [0.5, 0.6) is 0 Å². The van der Waals surface area contributed by atoms with Crippen molar-refractivity contribution in [3.63, 3.8) is 0 Å². The maximum atomic E-state index is 13.3. The maximum absolute atomic E-state index is 13.3. The second kappa shape index (κ2) is 5.58. The van der Waals surface area contributed by atoms with Crippen LogP contribution in [0.4, 0.5) is 4.39 Å². The number of halogens is 1. The van der Waals surface area contributed by atoms with Gasteiger partial charge in [-0.25, -0.2) is 9.40 Å². The third-order valence-corrected chi connectivity index (χ3v) is 2.07. The van der Waals surface area contributed by atoms with Gasteiger partial charge in [-0.3, -0.25) is 10.2 Å². The van der Waals surface area contributed by atoms with E-state index in [9.17, 15) is 9.18 Å². The molecule has 0 heterocycles. The molecule has 1 rings (SSSR count). The van der Waals surface area contributed by atoms with Crippen LogP contribution in [0, 0.1) is 5.82 Å². The van der Waals surface area contributed by atoms with Crippen LogP contribution in [0.25, 0.3) is 0 Å². The Labute approximate surface area is 94.2 Å². The number of nitrogens with zero attached hydrogens (tertiary/aromatic N) is 1. The first kappa shape index (κ1) is 12.6. The molecule has 0 aliphatic carbocycles. The molecule has 0 saturated carbocycles. The summed E-state index contributed by atoms with van der Waals surface area (Å²) in [6.45, 7) is 0. The van der Waals surface area contributed by atoms with Crippen molar-refractivity contribution in [1.29, 1.82) is 0 Å². The summed E-state index contributed by atoms with van der Waals surface area (Å²) in [7, 11) is 3.38. The number of hydrogen-bond donors (Lipinski definition) is 2. The average molecular weight is 225 g/mol. The molecule has 1 unspecified atom stereocenters. The SMILES string of the molecule is CN(C)NC(=O)C(N)Cc1ccccc1F. The molecule has 3 N–H and O–H groups in total. The van der Waals surface area contributed by atoms with Crippen LogP contribution < -0.4 is 11.2 Å². The highest BCUT2D eigenvalue weighted by Crippen LogP contribution is 2.08. The van der Waals surface area contributed by atoms with E-state index in [2.05, 4.69) is 5.43 Å². The fourth-order valence-corrected chi connectivity index (χ4v) is 1.30. The first-order valence-corrected chi connectivity index (χ1v) is 4.97. The van der Waals surface area contributed by atoms with Gasteiger partial charge in [0.25, 0.3) is 5.91 Å². The van der Waals surface area contributed by atoms with E-state index in [1.165, 1.54) is 11.1 Å². The van der Waals surface area contributed by atoms with Crippen molar-refractivity contribution in [3.05, 3.63) is 35.6 Å². The lowest BCUT2D eigenvalue weighted by atomic mass is 10.1. The van der Waals surface area contributed by atoms with E-state index >= 15 is 0 Å². The molecule has 1 aromatic carbocycles. The van der Waals surface area contributed by atoms with Crippen molar-refractivity contribution in [2.24, 2.45) is 5.73 Å². The molecule has 4 nitrogen and oxygen atoms in total. The molecule has 0 aliphatic heterocycles. The Morgan fingerprint density at radius 2 is 2.12 bits per heavy atom. The van der Waals surface area contributed by atoms with Crippen molar-refractivity contribution >= 4 is 5.91 Å². The molecule has 0 radical (unpaired) electrons. The van der Waals surface area contributed by atoms with Crippen LogP contribution in [-0.2, 0) is 11.2 Å². The fourth-order valence-electron chi connectivity index (χ4n) is 1.30. The van der Waals surface area contributed by atoms with Crippen LogP contribution in [0.2, 0.25) is 0 Å². The molecule has 0 aromatic heterocycles. The molecule has 1 amide bonds. The van der Waals surface area contributed by atoms with Crippen LogP contribution >= 0.6 is 0 Å². The van der Waals surface area contributed by atoms with Crippen LogP contribution in [0.3, 0.4) is 0 Å². The van der Waals surface area contributed by atoms with Gasteiger partial charge in [0.15, 0.2) is 0 Å². The highest BCUT2D eigenvalue weighted by Gasteiger charge is 2.15. The molecular weight excluding hydrogens is 209 g/mol. The molecule has 0 fully saturated rings. The minimum absolute atomic E-state index is 0.187. The highest BCUT2D eigenvalue weighted by molar-refractivity contribution is 5.81. The Balaban J connectivity index is 2.61. The van der Waals surface area contributed by atoms with Crippen molar-refractivity contribution in [2.45, 2.75) is 12.5 Å². The fraction of sp³-hybridized carbons (Fsp3) is 0.364. The molecule has 0 aliphatic rings. The largest absolute Gasteiger partial charge is 0.320 e. The monoisotopic (exact) mass is 225 g/mol. The van der Waals surface area contributed by atoms with Gasteiger partial charge < -0.3 is 5.73 Å². The van der Waals surface area contributed by atoms with Gasteiger partial charge in [-0.05, 0) is 18.1 Å². The van der Waals surface area contributed by atoms with Gasteiger partial charge in [0.1, 0.15) is 5.82 Å². The number of hydrogen-bond acceptors (Lipinski definition) is 3. The number of benzene rings is 1. The smallest absolute Gasteiger partial charge is 0.251 e. The third-order valence-electron chi connectivity index (χ3n) is 2.07. The second-order valence-electron chi connectivity index (χ2n) is 3.77. The average Bonchev–Trinajstić information content (AvgIpc) is 2.20. The van der Waals surface area contributed by atoms with Crippen LogP contribution in [0.1, 0.15) is 5.56 Å². The van der Waals surface area contributed by atoms with E-state index < -0.39 is 6.04 Å². The van der Waals surface area contributed by atoms with Crippen molar-refractivity contribution < 1.29 is 9.18 Å². The summed E-state index contributed by atoms with van der Waals surface area (Å²) >= 11 is 0. The molecule has 1 atom stereocenters. The molecule has 1 aromatic rings. The lowest BCUT2D eigenvalue weighted by molar-refractivity contribution is -0.126. The van der Waals surface area contributed by atoms with E-state index in [-0.39, 0.29) is 18.1 Å². The Morgan fingerprint density at radius 3 is 2.69 bits per heavy atom. The Hall–Kier alpha value is -1.46. The lowest BCUT2D eigenvalue weighted by Crippen LogP contribution is -2.47. The van der Waals surface area contributed by atoms with Gasteiger partial charge in [-0.15, -0.1) is 0 Å². The van der Waals surface area contributed by atoms with Crippen LogP contribution in [-0.4, -0.2) is 31.1 Å². The van der Waals surface area contributed by atoms with Crippen molar-refractivity contribution in [1.82, 2.24) is 10.4 Å². The van der Waals surface area contributed by atoms with E-state index in [4.69, 9.17) is 5.73 Å². The van der Waals surface area contributed by atoms with Gasteiger partial charge >= 0.3 is 0 Å². The van der Waals surface area contributed by atoms with Gasteiger partial charge in [0.2, 0.25) is 0 Å². The van der Waals surface area contributed by atoms with Gasteiger partial charge in [0, 0.05) is 14.1 Å². The molecular formula is C11H16FN3O. The standard InChI is InChI=1S/C11H16FN3O/c1-15(2)14-11(16)10(13)7-8-5-3-4-6-9(8)12/h3-6,10H,7,13H2,1-2H3,(H,14,16). The number of nitrogens with two attached hydrogens (primary N) is 1. The quantitative estimate of drug-likeness (QED) is 0.724. The zero-order valence-corrected chi connectivity index (χ0v) is 9.40. The first-order chi connectivity index (χ1) is 7.50. The number of nitrogens with one attached hydrogen (secondary N) is 1.